The maximum absolute atomic E-state index is 13.5. The fourth-order valence-corrected chi connectivity index (χ4v) is 9.43. The summed E-state index contributed by atoms with van der Waals surface area (Å²) in [6.45, 7) is 12.6. The Morgan fingerprint density at radius 1 is 1.17 bits per heavy atom. The van der Waals surface area contributed by atoms with Crippen LogP contribution in [-0.4, -0.2) is 57.3 Å². The van der Waals surface area contributed by atoms with E-state index in [0.717, 1.165) is 38.5 Å². The van der Waals surface area contributed by atoms with Gasteiger partial charge in [-0.05, 0) is 68.6 Å². The molecule has 7 heteroatoms. The van der Waals surface area contributed by atoms with Crippen molar-refractivity contribution in [3.63, 3.8) is 0 Å². The Morgan fingerprint density at radius 2 is 1.86 bits per heavy atom. The van der Waals surface area contributed by atoms with Crippen molar-refractivity contribution < 1.29 is 24.5 Å². The summed E-state index contributed by atoms with van der Waals surface area (Å²) in [5, 5.41) is 22.1. The number of aliphatic hydroxyl groups excluding tert-OH is 2. The maximum atomic E-state index is 13.5. The topological polar surface area (TPSA) is 110 Å². The van der Waals surface area contributed by atoms with Gasteiger partial charge in [0.05, 0.1) is 18.0 Å². The van der Waals surface area contributed by atoms with Crippen LogP contribution >= 0.6 is 11.8 Å². The molecule has 2 bridgehead atoms. The minimum Gasteiger partial charge on any atom is -0.461 e. The zero-order valence-corrected chi connectivity index (χ0v) is 23.4. The average Bonchev–Trinajstić information content (AvgIpc) is 3.12. The van der Waals surface area contributed by atoms with Gasteiger partial charge in [-0.1, -0.05) is 33.8 Å². The summed E-state index contributed by atoms with van der Waals surface area (Å²) in [5.74, 6) is 0.0621. The highest BCUT2D eigenvalue weighted by Crippen LogP contribution is 2.68. The van der Waals surface area contributed by atoms with Crippen LogP contribution in [0, 0.1) is 34.0 Å². The first-order valence-corrected chi connectivity index (χ1v) is 15.0. The Balaban J connectivity index is 1.61. The van der Waals surface area contributed by atoms with Gasteiger partial charge in [0.25, 0.3) is 0 Å². The van der Waals surface area contributed by atoms with Gasteiger partial charge in [-0.25, -0.2) is 0 Å². The zero-order valence-electron chi connectivity index (χ0n) is 22.6. The molecule has 6 nitrogen and oxygen atoms in total. The highest BCUT2D eigenvalue weighted by molar-refractivity contribution is 8.00. The van der Waals surface area contributed by atoms with Crippen LogP contribution in [-0.2, 0) is 14.3 Å². The Labute approximate surface area is 221 Å². The molecule has 3 unspecified atom stereocenters. The van der Waals surface area contributed by atoms with E-state index in [1.54, 1.807) is 0 Å². The summed E-state index contributed by atoms with van der Waals surface area (Å²) in [6, 6.07) is 0.106. The number of ether oxygens (including phenoxy) is 1. The van der Waals surface area contributed by atoms with Crippen LogP contribution in [0.3, 0.4) is 0 Å². The van der Waals surface area contributed by atoms with E-state index in [1.807, 2.05) is 13.0 Å². The van der Waals surface area contributed by atoms with Gasteiger partial charge >= 0.3 is 5.97 Å². The fourth-order valence-electron chi connectivity index (χ4n) is 8.35. The first kappa shape index (κ1) is 28.1. The van der Waals surface area contributed by atoms with Crippen LogP contribution in [0.5, 0.6) is 0 Å². The number of ketones is 1. The Morgan fingerprint density at radius 3 is 2.56 bits per heavy atom. The predicted octanol–water partition coefficient (Wildman–Crippen LogP) is 4.26. The maximum Gasteiger partial charge on any atom is 0.316 e. The van der Waals surface area contributed by atoms with E-state index in [1.165, 1.54) is 11.8 Å². The normalized spacial score (nSPS) is 49.4. The van der Waals surface area contributed by atoms with Crippen molar-refractivity contribution in [1.82, 2.24) is 0 Å². The molecule has 4 saturated carbocycles. The van der Waals surface area contributed by atoms with Crippen LogP contribution in [0.4, 0.5) is 0 Å². The van der Waals surface area contributed by atoms with Crippen molar-refractivity contribution in [2.75, 3.05) is 5.75 Å². The van der Waals surface area contributed by atoms with Gasteiger partial charge in [-0.15, -0.1) is 18.3 Å². The molecule has 0 radical (unpaired) electrons. The van der Waals surface area contributed by atoms with Crippen LogP contribution in [0.1, 0.15) is 85.5 Å². The number of nitrogens with two attached hydrogens (primary N) is 1. The molecular weight excluding hydrogens is 474 g/mol. The molecule has 0 aromatic heterocycles. The molecule has 0 aromatic rings. The van der Waals surface area contributed by atoms with Crippen molar-refractivity contribution in [3.8, 4) is 0 Å². The van der Waals surface area contributed by atoms with Crippen LogP contribution in [0.2, 0.25) is 0 Å². The van der Waals surface area contributed by atoms with E-state index in [9.17, 15) is 19.8 Å². The molecule has 11 atom stereocenters. The molecule has 204 valence electrons. The van der Waals surface area contributed by atoms with Crippen LogP contribution in [0.15, 0.2) is 12.7 Å². The molecular formula is C29H47NO5S. The van der Waals surface area contributed by atoms with Crippen molar-refractivity contribution in [1.29, 1.82) is 0 Å². The SMILES string of the molecule is C=C[C@]1(C)C[C@@H](OC(=O)CS[C@H]2CC[C@@H](N)CC[C@@H]2O)[C@]2(C)C(C)CCC3(CCC(=O)[C@H]32)[C@@H](C)C1O. The Hall–Kier alpha value is -0.890. The summed E-state index contributed by atoms with van der Waals surface area (Å²) >= 11 is 1.46. The molecule has 4 aliphatic rings. The third-order valence-electron chi connectivity index (χ3n) is 11.1. The minimum absolute atomic E-state index is 0.0298. The van der Waals surface area contributed by atoms with Crippen molar-refractivity contribution >= 4 is 23.5 Å². The molecule has 4 aliphatic carbocycles. The highest BCUT2D eigenvalue weighted by Gasteiger charge is 2.68. The minimum atomic E-state index is -0.665. The molecule has 0 heterocycles. The predicted molar refractivity (Wildman–Crippen MR) is 143 cm³/mol. The number of rotatable bonds is 5. The number of thioether (sulfide) groups is 1. The standard InChI is InChI=1S/C29H47NO5S/c1-6-27(4)15-23(35-24(33)16-36-22-10-8-19(30)7-9-20(22)31)28(5)17(2)11-13-29(18(3)26(27)34)14-12-21(32)25(28)29/h6,17-20,22-23,25-26,31,34H,1,7-16,30H2,2-5H3/t17?,18-,19-,20-,22-,23+,25-,26?,27+,28-,29?/m0/s1. The molecule has 0 aromatic carbocycles. The van der Waals surface area contributed by atoms with Crippen LogP contribution in [0.25, 0.3) is 0 Å². The number of esters is 1. The van der Waals surface area contributed by atoms with Crippen molar-refractivity contribution in [3.05, 3.63) is 12.7 Å². The molecule has 4 N–H and O–H groups in total. The quantitative estimate of drug-likeness (QED) is 0.282. The lowest BCUT2D eigenvalue weighted by Gasteiger charge is -2.61. The first-order chi connectivity index (χ1) is 16.9. The number of carbonyl (C=O) groups is 2. The molecule has 36 heavy (non-hydrogen) atoms. The van der Waals surface area contributed by atoms with E-state index in [-0.39, 0.29) is 52.0 Å². The van der Waals surface area contributed by atoms with E-state index < -0.39 is 29.1 Å². The summed E-state index contributed by atoms with van der Waals surface area (Å²) in [5.41, 5.74) is 4.68. The average molecular weight is 522 g/mol. The van der Waals surface area contributed by atoms with E-state index in [2.05, 4.69) is 27.4 Å². The zero-order chi connectivity index (χ0) is 26.5. The number of aliphatic hydroxyl groups is 2. The lowest BCUT2D eigenvalue weighted by molar-refractivity contribution is -0.205. The van der Waals surface area contributed by atoms with Gasteiger partial charge in [0.1, 0.15) is 11.9 Å². The molecule has 4 fully saturated rings. The lowest BCUT2D eigenvalue weighted by Crippen LogP contribution is -2.63. The van der Waals surface area contributed by atoms with Gasteiger partial charge in [0, 0.05) is 34.5 Å². The van der Waals surface area contributed by atoms with Crippen molar-refractivity contribution in [2.24, 2.45) is 39.7 Å². The second-order valence-electron chi connectivity index (χ2n) is 12.9. The summed E-state index contributed by atoms with van der Waals surface area (Å²) in [6.07, 6.45) is 6.95. The second-order valence-corrected chi connectivity index (χ2v) is 14.1. The van der Waals surface area contributed by atoms with Gasteiger partial charge in [-0.2, -0.15) is 0 Å². The number of Topliss-reactive ketones (excluding diaryl/α,β-unsaturated/α-hetero) is 1. The van der Waals surface area contributed by atoms with Gasteiger partial charge in [0.15, 0.2) is 0 Å². The van der Waals surface area contributed by atoms with E-state index in [4.69, 9.17) is 10.5 Å². The third-order valence-corrected chi connectivity index (χ3v) is 12.5. The summed E-state index contributed by atoms with van der Waals surface area (Å²) in [4.78, 5) is 26.8. The van der Waals surface area contributed by atoms with Crippen LogP contribution < -0.4 is 5.73 Å². The molecule has 0 spiro atoms. The number of hydrogen-bond donors (Lipinski definition) is 3. The molecule has 0 aliphatic heterocycles. The summed E-state index contributed by atoms with van der Waals surface area (Å²) in [7, 11) is 0. The monoisotopic (exact) mass is 521 g/mol. The second kappa shape index (κ2) is 10.3. The third kappa shape index (κ3) is 4.60. The Bertz CT molecular complexity index is 867. The highest BCUT2D eigenvalue weighted by atomic mass is 32.2. The van der Waals surface area contributed by atoms with Gasteiger partial charge in [-0.3, -0.25) is 9.59 Å². The molecule has 0 saturated heterocycles. The van der Waals surface area contributed by atoms with E-state index in [0.29, 0.717) is 19.3 Å². The fraction of sp³-hybridized carbons (Fsp3) is 0.862. The number of hydrogen-bond acceptors (Lipinski definition) is 7. The largest absolute Gasteiger partial charge is 0.461 e. The van der Waals surface area contributed by atoms with Crippen molar-refractivity contribution in [2.45, 2.75) is 115 Å². The Kier molecular flexibility index (Phi) is 8.09. The van der Waals surface area contributed by atoms with Gasteiger partial charge < -0.3 is 20.7 Å². The molecule has 4 rings (SSSR count). The van der Waals surface area contributed by atoms with E-state index >= 15 is 0 Å². The number of carbonyl (C=O) groups excluding carboxylic acids is 2. The first-order valence-electron chi connectivity index (χ1n) is 14.0. The van der Waals surface area contributed by atoms with Gasteiger partial charge in [0.2, 0.25) is 0 Å². The molecule has 0 amide bonds. The lowest BCUT2D eigenvalue weighted by atomic mass is 9.44. The summed E-state index contributed by atoms with van der Waals surface area (Å²) < 4.78 is 6.32. The smallest absolute Gasteiger partial charge is 0.316 e.